The Morgan fingerprint density at radius 1 is 0.833 bits per heavy atom. The fraction of sp³-hybridized carbons (Fsp3) is 1.00. The van der Waals surface area contributed by atoms with Crippen LogP contribution >= 0.6 is 0 Å². The first-order chi connectivity index (χ1) is 8.66. The van der Waals surface area contributed by atoms with Crippen LogP contribution in [0.5, 0.6) is 0 Å². The quantitative estimate of drug-likeness (QED) is 0.500. The zero-order valence-corrected chi connectivity index (χ0v) is 12.2. The zero-order valence-electron chi connectivity index (χ0n) is 12.2. The van der Waals surface area contributed by atoms with E-state index in [-0.39, 0.29) is 6.10 Å². The van der Waals surface area contributed by atoms with Crippen molar-refractivity contribution in [1.29, 1.82) is 0 Å². The molecule has 0 saturated heterocycles. The molecule has 110 valence electrons. The fourth-order valence-corrected chi connectivity index (χ4v) is 1.97. The lowest BCUT2D eigenvalue weighted by Gasteiger charge is -2.12. The van der Waals surface area contributed by atoms with Crippen LogP contribution in [0, 0.1) is 0 Å². The molecule has 0 aliphatic rings. The Morgan fingerprint density at radius 2 is 1.39 bits per heavy atom. The van der Waals surface area contributed by atoms with Crippen molar-refractivity contribution in [2.24, 2.45) is 0 Å². The SMILES string of the molecule is CCCCCCCCCCC(O)COCC(C)O. The Balaban J connectivity index is 3.12. The van der Waals surface area contributed by atoms with E-state index in [1.54, 1.807) is 6.92 Å². The summed E-state index contributed by atoms with van der Waals surface area (Å²) in [5.74, 6) is 0. The smallest absolute Gasteiger partial charge is 0.0773 e. The molecule has 0 aliphatic heterocycles. The van der Waals surface area contributed by atoms with Gasteiger partial charge in [0.1, 0.15) is 0 Å². The predicted octanol–water partition coefficient (Wildman–Crippen LogP) is 3.28. The van der Waals surface area contributed by atoms with Gasteiger partial charge in [-0.3, -0.25) is 0 Å². The third-order valence-corrected chi connectivity index (χ3v) is 3.06. The first-order valence-electron chi connectivity index (χ1n) is 7.60. The van der Waals surface area contributed by atoms with E-state index in [4.69, 9.17) is 9.84 Å². The third kappa shape index (κ3) is 13.9. The van der Waals surface area contributed by atoms with E-state index in [9.17, 15) is 5.11 Å². The maximum absolute atomic E-state index is 9.63. The number of aliphatic hydroxyl groups excluding tert-OH is 2. The van der Waals surface area contributed by atoms with Crippen LogP contribution < -0.4 is 0 Å². The molecule has 0 saturated carbocycles. The van der Waals surface area contributed by atoms with Crippen LogP contribution in [0.25, 0.3) is 0 Å². The maximum Gasteiger partial charge on any atom is 0.0773 e. The average molecular weight is 260 g/mol. The van der Waals surface area contributed by atoms with Gasteiger partial charge in [-0.2, -0.15) is 0 Å². The normalized spacial score (nSPS) is 14.7. The number of unbranched alkanes of at least 4 members (excludes halogenated alkanes) is 7. The fourth-order valence-electron chi connectivity index (χ4n) is 1.97. The van der Waals surface area contributed by atoms with Gasteiger partial charge in [-0.15, -0.1) is 0 Å². The molecule has 0 radical (unpaired) electrons. The third-order valence-electron chi connectivity index (χ3n) is 3.06. The van der Waals surface area contributed by atoms with E-state index in [2.05, 4.69) is 6.92 Å². The van der Waals surface area contributed by atoms with Crippen molar-refractivity contribution >= 4 is 0 Å². The second-order valence-corrected chi connectivity index (χ2v) is 5.30. The van der Waals surface area contributed by atoms with Crippen LogP contribution in [0.1, 0.15) is 71.6 Å². The molecule has 3 heteroatoms. The Labute approximate surface area is 113 Å². The summed E-state index contributed by atoms with van der Waals surface area (Å²) < 4.78 is 5.18. The summed E-state index contributed by atoms with van der Waals surface area (Å²) >= 11 is 0. The topological polar surface area (TPSA) is 49.7 Å². The predicted molar refractivity (Wildman–Crippen MR) is 75.7 cm³/mol. The molecule has 0 aliphatic carbocycles. The van der Waals surface area contributed by atoms with Gasteiger partial charge in [0.2, 0.25) is 0 Å². The number of rotatable bonds is 13. The van der Waals surface area contributed by atoms with Crippen molar-refractivity contribution < 1.29 is 14.9 Å². The molecular formula is C15H32O3. The molecule has 0 aromatic rings. The van der Waals surface area contributed by atoms with Gasteiger partial charge >= 0.3 is 0 Å². The largest absolute Gasteiger partial charge is 0.391 e. The molecule has 0 bridgehead atoms. The maximum atomic E-state index is 9.63. The zero-order chi connectivity index (χ0) is 13.6. The lowest BCUT2D eigenvalue weighted by atomic mass is 10.1. The van der Waals surface area contributed by atoms with E-state index in [0.29, 0.717) is 13.2 Å². The van der Waals surface area contributed by atoms with E-state index in [1.165, 1.54) is 44.9 Å². The molecule has 3 nitrogen and oxygen atoms in total. The van der Waals surface area contributed by atoms with Crippen LogP contribution in [-0.4, -0.2) is 35.6 Å². The van der Waals surface area contributed by atoms with E-state index in [0.717, 1.165) is 12.8 Å². The van der Waals surface area contributed by atoms with Gasteiger partial charge in [0.15, 0.2) is 0 Å². The molecule has 0 rings (SSSR count). The summed E-state index contributed by atoms with van der Waals surface area (Å²) in [5.41, 5.74) is 0. The highest BCUT2D eigenvalue weighted by atomic mass is 16.5. The van der Waals surface area contributed by atoms with Gasteiger partial charge < -0.3 is 14.9 Å². The van der Waals surface area contributed by atoms with Gasteiger partial charge in [-0.25, -0.2) is 0 Å². The summed E-state index contributed by atoms with van der Waals surface area (Å²) in [6.07, 6.45) is 10.3. The minimum absolute atomic E-state index is 0.314. The van der Waals surface area contributed by atoms with Crippen molar-refractivity contribution in [3.63, 3.8) is 0 Å². The minimum Gasteiger partial charge on any atom is -0.391 e. The first kappa shape index (κ1) is 17.9. The monoisotopic (exact) mass is 260 g/mol. The molecule has 0 aromatic carbocycles. The number of hydrogen-bond donors (Lipinski definition) is 2. The highest BCUT2D eigenvalue weighted by Gasteiger charge is 2.05. The Morgan fingerprint density at radius 3 is 1.94 bits per heavy atom. The first-order valence-corrected chi connectivity index (χ1v) is 7.60. The number of aliphatic hydroxyl groups is 2. The lowest BCUT2D eigenvalue weighted by Crippen LogP contribution is -2.19. The summed E-state index contributed by atoms with van der Waals surface area (Å²) in [5, 5.41) is 18.6. The van der Waals surface area contributed by atoms with Gasteiger partial charge in [-0.1, -0.05) is 58.3 Å². The number of hydrogen-bond acceptors (Lipinski definition) is 3. The highest BCUT2D eigenvalue weighted by molar-refractivity contribution is 4.56. The second kappa shape index (κ2) is 13.3. The van der Waals surface area contributed by atoms with Crippen molar-refractivity contribution in [3.8, 4) is 0 Å². The second-order valence-electron chi connectivity index (χ2n) is 5.30. The van der Waals surface area contributed by atoms with E-state index < -0.39 is 6.10 Å². The molecule has 0 aromatic heterocycles. The standard InChI is InChI=1S/C15H32O3/c1-3-4-5-6-7-8-9-10-11-15(17)13-18-12-14(2)16/h14-17H,3-13H2,1-2H3. The van der Waals surface area contributed by atoms with Crippen molar-refractivity contribution in [2.45, 2.75) is 83.8 Å². The molecule has 2 unspecified atom stereocenters. The Bertz CT molecular complexity index is 160. The summed E-state index contributed by atoms with van der Waals surface area (Å²) in [4.78, 5) is 0. The molecule has 0 heterocycles. The van der Waals surface area contributed by atoms with Gasteiger partial charge in [-0.05, 0) is 13.3 Å². The minimum atomic E-state index is -0.444. The molecule has 2 N–H and O–H groups in total. The average Bonchev–Trinajstić information content (AvgIpc) is 2.32. The molecule has 18 heavy (non-hydrogen) atoms. The molecule has 0 fully saturated rings. The van der Waals surface area contributed by atoms with Gasteiger partial charge in [0.05, 0.1) is 25.4 Å². The van der Waals surface area contributed by atoms with E-state index >= 15 is 0 Å². The Kier molecular flexibility index (Phi) is 13.2. The van der Waals surface area contributed by atoms with Crippen molar-refractivity contribution in [3.05, 3.63) is 0 Å². The Hall–Kier alpha value is -0.120. The molecular weight excluding hydrogens is 228 g/mol. The van der Waals surface area contributed by atoms with Gasteiger partial charge in [0, 0.05) is 0 Å². The van der Waals surface area contributed by atoms with Crippen molar-refractivity contribution in [1.82, 2.24) is 0 Å². The van der Waals surface area contributed by atoms with Gasteiger partial charge in [0.25, 0.3) is 0 Å². The molecule has 2 atom stereocenters. The summed E-state index contributed by atoms with van der Waals surface area (Å²) in [6.45, 7) is 4.59. The van der Waals surface area contributed by atoms with Crippen LogP contribution in [0.3, 0.4) is 0 Å². The number of ether oxygens (including phenoxy) is 1. The van der Waals surface area contributed by atoms with Crippen LogP contribution in [0.15, 0.2) is 0 Å². The lowest BCUT2D eigenvalue weighted by molar-refractivity contribution is -0.00504. The van der Waals surface area contributed by atoms with E-state index in [1.807, 2.05) is 0 Å². The van der Waals surface area contributed by atoms with Crippen LogP contribution in [-0.2, 0) is 4.74 Å². The van der Waals surface area contributed by atoms with Crippen LogP contribution in [0.2, 0.25) is 0 Å². The summed E-state index contributed by atoms with van der Waals surface area (Å²) in [6, 6.07) is 0. The molecule has 0 amide bonds. The van der Waals surface area contributed by atoms with Crippen LogP contribution in [0.4, 0.5) is 0 Å². The molecule has 0 spiro atoms. The van der Waals surface area contributed by atoms with Crippen molar-refractivity contribution in [2.75, 3.05) is 13.2 Å². The highest BCUT2D eigenvalue weighted by Crippen LogP contribution is 2.10. The summed E-state index contributed by atoms with van der Waals surface area (Å²) in [7, 11) is 0.